The molecular formula is C32H23BrF4N4O4. The van der Waals surface area contributed by atoms with Gasteiger partial charge in [-0.1, -0.05) is 36.4 Å². The molecule has 0 radical (unpaired) electrons. The van der Waals surface area contributed by atoms with Crippen LogP contribution < -0.4 is 20.3 Å². The zero-order chi connectivity index (χ0) is 32.1. The maximum Gasteiger partial charge on any atom is 0.416 e. The van der Waals surface area contributed by atoms with Crippen LogP contribution in [-0.4, -0.2) is 35.0 Å². The Morgan fingerprint density at radius 1 is 1.02 bits per heavy atom. The summed E-state index contributed by atoms with van der Waals surface area (Å²) in [5.74, 6) is -0.875. The minimum atomic E-state index is -4.61. The van der Waals surface area contributed by atoms with Crippen molar-refractivity contribution < 1.29 is 31.8 Å². The van der Waals surface area contributed by atoms with Gasteiger partial charge in [-0.25, -0.2) is 9.37 Å². The number of alkyl halides is 3. The summed E-state index contributed by atoms with van der Waals surface area (Å²) in [5.41, 5.74) is -0.731. The quantitative estimate of drug-likeness (QED) is 0.130. The van der Waals surface area contributed by atoms with E-state index in [1.165, 1.54) is 36.5 Å². The van der Waals surface area contributed by atoms with Crippen LogP contribution in [0.3, 0.4) is 0 Å². The molecule has 8 nitrogen and oxygen atoms in total. The Kier molecular flexibility index (Phi) is 9.28. The highest BCUT2D eigenvalue weighted by molar-refractivity contribution is 9.10. The van der Waals surface area contributed by atoms with Crippen LogP contribution in [0.25, 0.3) is 22.3 Å². The van der Waals surface area contributed by atoms with E-state index in [0.29, 0.717) is 15.6 Å². The summed E-state index contributed by atoms with van der Waals surface area (Å²) in [5, 5.41) is 6.97. The molecule has 1 amide bonds. The summed E-state index contributed by atoms with van der Waals surface area (Å²) in [6.07, 6.45) is -3.29. The van der Waals surface area contributed by atoms with E-state index in [2.05, 4.69) is 31.3 Å². The van der Waals surface area contributed by atoms with E-state index in [1.807, 2.05) is 0 Å². The zero-order valence-electron chi connectivity index (χ0n) is 23.4. The first-order valence-electron chi connectivity index (χ1n) is 13.4. The largest absolute Gasteiger partial charge is 0.490 e. The second-order valence-electron chi connectivity index (χ2n) is 9.47. The second kappa shape index (κ2) is 13.3. The third-order valence-electron chi connectivity index (χ3n) is 6.35. The summed E-state index contributed by atoms with van der Waals surface area (Å²) >= 11 is 3.40. The maximum absolute atomic E-state index is 13.9. The highest BCUT2D eigenvalue weighted by Crippen LogP contribution is 2.37. The van der Waals surface area contributed by atoms with Crippen LogP contribution in [0.2, 0.25) is 0 Å². The number of fused-ring (bicyclic) bond motifs is 1. The zero-order valence-corrected chi connectivity index (χ0v) is 25.0. The number of benzene rings is 4. The van der Waals surface area contributed by atoms with Gasteiger partial charge in [-0.15, -0.1) is 0 Å². The Balaban J connectivity index is 1.49. The summed E-state index contributed by atoms with van der Waals surface area (Å²) in [6, 6.07) is 19.7. The Bertz CT molecular complexity index is 1980. The fourth-order valence-corrected chi connectivity index (χ4v) is 4.90. The highest BCUT2D eigenvalue weighted by atomic mass is 79.9. The topological polar surface area (TPSA) is 94.8 Å². The van der Waals surface area contributed by atoms with Crippen LogP contribution in [0.4, 0.5) is 23.2 Å². The van der Waals surface area contributed by atoms with Crippen LogP contribution >= 0.6 is 15.9 Å². The van der Waals surface area contributed by atoms with E-state index in [4.69, 9.17) is 9.47 Å². The molecular weight excluding hydrogens is 660 g/mol. The van der Waals surface area contributed by atoms with Crippen molar-refractivity contribution in [3.8, 4) is 22.9 Å². The lowest BCUT2D eigenvalue weighted by atomic mass is 10.1. The van der Waals surface area contributed by atoms with Gasteiger partial charge in [-0.2, -0.15) is 22.9 Å². The molecule has 0 saturated carbocycles. The van der Waals surface area contributed by atoms with Crippen molar-refractivity contribution in [1.29, 1.82) is 0 Å². The molecule has 0 atom stereocenters. The molecule has 0 aliphatic carbocycles. The van der Waals surface area contributed by atoms with Crippen LogP contribution in [0, 0.1) is 5.82 Å². The minimum absolute atomic E-state index is 0.00433. The van der Waals surface area contributed by atoms with Crippen LogP contribution in [-0.2, 0) is 11.0 Å². The Labute approximate surface area is 262 Å². The third-order valence-corrected chi connectivity index (χ3v) is 6.94. The average Bonchev–Trinajstić information content (AvgIpc) is 3.01. The standard InChI is InChI=1S/C32H23BrF4N4O4/c1-2-44-27-15-19(14-23(33)29(27)45-18-28(42)39-26-13-6-4-11-24(26)34)17-38-41-30(20-8-7-9-21(16-20)32(35,36)37)40-25-12-5-3-10-22(25)31(41)43/h3-17H,2,18H2,1H3,(H,39,42). The molecule has 13 heteroatoms. The lowest BCUT2D eigenvalue weighted by Gasteiger charge is -2.15. The van der Waals surface area contributed by atoms with E-state index in [9.17, 15) is 27.2 Å². The van der Waals surface area contributed by atoms with Crippen LogP contribution in [0.15, 0.2) is 99.3 Å². The van der Waals surface area contributed by atoms with Crippen molar-refractivity contribution in [2.75, 3.05) is 18.5 Å². The molecule has 0 unspecified atom stereocenters. The Morgan fingerprint density at radius 2 is 1.78 bits per heavy atom. The number of para-hydroxylation sites is 2. The van der Waals surface area contributed by atoms with Gasteiger partial charge in [-0.05, 0) is 76.9 Å². The number of carbonyl (C=O) groups excluding carboxylic acids is 1. The van der Waals surface area contributed by atoms with Crippen molar-refractivity contribution >= 4 is 44.6 Å². The van der Waals surface area contributed by atoms with Gasteiger partial charge < -0.3 is 14.8 Å². The van der Waals surface area contributed by atoms with Crippen molar-refractivity contribution in [2.45, 2.75) is 13.1 Å². The molecule has 1 N–H and O–H groups in total. The van der Waals surface area contributed by atoms with Gasteiger partial charge in [0, 0.05) is 5.56 Å². The molecule has 4 aromatic carbocycles. The summed E-state index contributed by atoms with van der Waals surface area (Å²) < 4.78 is 67.1. The van der Waals surface area contributed by atoms with Gasteiger partial charge in [0.15, 0.2) is 23.9 Å². The van der Waals surface area contributed by atoms with Crippen molar-refractivity contribution in [3.05, 3.63) is 117 Å². The second-order valence-corrected chi connectivity index (χ2v) is 10.3. The SMILES string of the molecule is CCOc1cc(C=Nn2c(-c3cccc(C(F)(F)F)c3)nc3ccccc3c2=O)cc(Br)c1OCC(=O)Nc1ccccc1F. The number of hydrogen-bond donors (Lipinski definition) is 1. The molecule has 0 fully saturated rings. The van der Waals surface area contributed by atoms with Crippen LogP contribution in [0.1, 0.15) is 18.1 Å². The molecule has 5 aromatic rings. The van der Waals surface area contributed by atoms with E-state index in [0.717, 1.165) is 16.8 Å². The number of ether oxygens (including phenoxy) is 2. The molecule has 1 aromatic heterocycles. The summed E-state index contributed by atoms with van der Waals surface area (Å²) in [4.78, 5) is 30.4. The van der Waals surface area contributed by atoms with Crippen molar-refractivity contribution in [3.63, 3.8) is 0 Å². The number of amides is 1. The molecule has 45 heavy (non-hydrogen) atoms. The van der Waals surface area contributed by atoms with E-state index >= 15 is 0 Å². The molecule has 5 rings (SSSR count). The first kappa shape index (κ1) is 31.4. The fraction of sp³-hybridized carbons (Fsp3) is 0.125. The first-order chi connectivity index (χ1) is 21.5. The Hall–Kier alpha value is -5.04. The van der Waals surface area contributed by atoms with E-state index < -0.39 is 35.6 Å². The molecule has 0 saturated heterocycles. The highest BCUT2D eigenvalue weighted by Gasteiger charge is 2.31. The molecule has 0 aliphatic heterocycles. The van der Waals surface area contributed by atoms with Gasteiger partial charge in [-0.3, -0.25) is 9.59 Å². The molecule has 0 bridgehead atoms. The lowest BCUT2D eigenvalue weighted by molar-refractivity contribution is -0.137. The molecule has 230 valence electrons. The molecule has 0 spiro atoms. The maximum atomic E-state index is 13.9. The smallest absolute Gasteiger partial charge is 0.416 e. The van der Waals surface area contributed by atoms with E-state index in [1.54, 1.807) is 49.4 Å². The third kappa shape index (κ3) is 7.20. The Morgan fingerprint density at radius 3 is 2.53 bits per heavy atom. The van der Waals surface area contributed by atoms with Gasteiger partial charge in [0.1, 0.15) is 5.82 Å². The number of nitrogens with one attached hydrogen (secondary N) is 1. The number of nitrogens with zero attached hydrogens (tertiary/aromatic N) is 3. The van der Waals surface area contributed by atoms with Crippen molar-refractivity contribution in [1.82, 2.24) is 9.66 Å². The van der Waals surface area contributed by atoms with Gasteiger partial charge in [0.25, 0.3) is 11.5 Å². The van der Waals surface area contributed by atoms with Gasteiger partial charge >= 0.3 is 6.18 Å². The number of hydrogen-bond acceptors (Lipinski definition) is 6. The summed E-state index contributed by atoms with van der Waals surface area (Å²) in [7, 11) is 0. The van der Waals surface area contributed by atoms with Gasteiger partial charge in [0.05, 0.1) is 39.4 Å². The monoisotopic (exact) mass is 682 g/mol. The predicted molar refractivity (Wildman–Crippen MR) is 165 cm³/mol. The lowest BCUT2D eigenvalue weighted by Crippen LogP contribution is -2.21. The average molecular weight is 683 g/mol. The molecule has 0 aliphatic rings. The number of anilines is 1. The normalized spacial score (nSPS) is 11.6. The number of carbonyl (C=O) groups is 1. The fourth-order valence-electron chi connectivity index (χ4n) is 4.33. The summed E-state index contributed by atoms with van der Waals surface area (Å²) in [6.45, 7) is 1.52. The number of rotatable bonds is 9. The van der Waals surface area contributed by atoms with Gasteiger partial charge in [0.2, 0.25) is 0 Å². The predicted octanol–water partition coefficient (Wildman–Crippen LogP) is 7.28. The van der Waals surface area contributed by atoms with E-state index in [-0.39, 0.29) is 40.6 Å². The minimum Gasteiger partial charge on any atom is -0.490 e. The number of halogens is 5. The number of aromatic nitrogens is 2. The van der Waals surface area contributed by atoms with Crippen molar-refractivity contribution in [2.24, 2.45) is 5.10 Å². The molecule has 1 heterocycles. The van der Waals surface area contributed by atoms with Crippen LogP contribution in [0.5, 0.6) is 11.5 Å². The first-order valence-corrected chi connectivity index (χ1v) is 14.2.